The summed E-state index contributed by atoms with van der Waals surface area (Å²) in [5.41, 5.74) is 6.88. The SMILES string of the molecule is COc1ccc(/C=C2\CCCc3c2nc2ccccc2c3C(=O)N(C)Cc2cnn(C)c2)cc1. The minimum Gasteiger partial charge on any atom is -0.497 e. The van der Waals surface area contributed by atoms with Gasteiger partial charge in [0.15, 0.2) is 0 Å². The number of hydrogen-bond acceptors (Lipinski definition) is 4. The molecule has 0 radical (unpaired) electrons. The zero-order valence-corrected chi connectivity index (χ0v) is 19.8. The summed E-state index contributed by atoms with van der Waals surface area (Å²) in [5.74, 6) is 0.851. The molecule has 5 rings (SSSR count). The smallest absolute Gasteiger partial charge is 0.254 e. The van der Waals surface area contributed by atoms with E-state index in [0.717, 1.165) is 63.9 Å². The molecule has 0 atom stereocenters. The van der Waals surface area contributed by atoms with Crippen LogP contribution in [0.1, 0.15) is 45.6 Å². The molecule has 172 valence electrons. The monoisotopic (exact) mass is 452 g/mol. The van der Waals surface area contributed by atoms with Crippen molar-refractivity contribution in [2.24, 2.45) is 7.05 Å². The van der Waals surface area contributed by atoms with E-state index in [1.54, 1.807) is 22.9 Å². The van der Waals surface area contributed by atoms with Gasteiger partial charge in [-0.15, -0.1) is 0 Å². The molecular formula is C28H28N4O2. The fourth-order valence-corrected chi connectivity index (χ4v) is 4.71. The predicted molar refractivity (Wildman–Crippen MR) is 135 cm³/mol. The van der Waals surface area contributed by atoms with Crippen LogP contribution >= 0.6 is 0 Å². The van der Waals surface area contributed by atoms with Crippen LogP contribution in [0.4, 0.5) is 0 Å². The molecule has 1 aliphatic carbocycles. The van der Waals surface area contributed by atoms with Gasteiger partial charge in [-0.05, 0) is 60.2 Å². The van der Waals surface area contributed by atoms with E-state index in [-0.39, 0.29) is 5.91 Å². The topological polar surface area (TPSA) is 60.2 Å². The van der Waals surface area contributed by atoms with Gasteiger partial charge in [-0.25, -0.2) is 4.98 Å². The van der Waals surface area contributed by atoms with E-state index >= 15 is 0 Å². The molecule has 0 bridgehead atoms. The number of hydrogen-bond donors (Lipinski definition) is 0. The highest BCUT2D eigenvalue weighted by molar-refractivity contribution is 6.09. The minimum absolute atomic E-state index is 0.0180. The summed E-state index contributed by atoms with van der Waals surface area (Å²) in [7, 11) is 5.41. The van der Waals surface area contributed by atoms with E-state index in [1.807, 2.05) is 56.7 Å². The van der Waals surface area contributed by atoms with Gasteiger partial charge >= 0.3 is 0 Å². The summed E-state index contributed by atoms with van der Waals surface area (Å²) in [4.78, 5) is 20.6. The van der Waals surface area contributed by atoms with Crippen LogP contribution in [-0.2, 0) is 20.0 Å². The first-order valence-corrected chi connectivity index (χ1v) is 11.5. The second-order valence-electron chi connectivity index (χ2n) is 8.81. The fourth-order valence-electron chi connectivity index (χ4n) is 4.71. The van der Waals surface area contributed by atoms with E-state index in [2.05, 4.69) is 23.3 Å². The Hall–Kier alpha value is -3.93. The van der Waals surface area contributed by atoms with Crippen LogP contribution in [0.3, 0.4) is 0 Å². The summed E-state index contributed by atoms with van der Waals surface area (Å²) in [6, 6.07) is 16.0. The summed E-state index contributed by atoms with van der Waals surface area (Å²) >= 11 is 0. The van der Waals surface area contributed by atoms with Crippen LogP contribution in [0.25, 0.3) is 22.6 Å². The summed E-state index contributed by atoms with van der Waals surface area (Å²) in [6.45, 7) is 0.507. The van der Waals surface area contributed by atoms with Gasteiger partial charge < -0.3 is 9.64 Å². The lowest BCUT2D eigenvalue weighted by molar-refractivity contribution is 0.0785. The molecule has 34 heavy (non-hydrogen) atoms. The maximum atomic E-state index is 13.8. The van der Waals surface area contributed by atoms with Crippen LogP contribution in [-0.4, -0.2) is 39.7 Å². The summed E-state index contributed by atoms with van der Waals surface area (Å²) in [6.07, 6.45) is 8.70. The Bertz CT molecular complexity index is 1390. The number of para-hydroxylation sites is 1. The second kappa shape index (κ2) is 9.14. The number of carbonyl (C=O) groups is 1. The minimum atomic E-state index is 0.0180. The van der Waals surface area contributed by atoms with E-state index in [4.69, 9.17) is 9.72 Å². The number of aryl methyl sites for hydroxylation is 1. The molecule has 2 aromatic carbocycles. The Morgan fingerprint density at radius 3 is 2.68 bits per heavy atom. The molecule has 2 aromatic heterocycles. The molecular weight excluding hydrogens is 424 g/mol. The second-order valence-corrected chi connectivity index (χ2v) is 8.81. The van der Waals surface area contributed by atoms with Gasteiger partial charge in [-0.2, -0.15) is 5.10 Å². The lowest BCUT2D eigenvalue weighted by atomic mass is 9.85. The third kappa shape index (κ3) is 4.19. The molecule has 1 amide bonds. The molecule has 0 saturated carbocycles. The van der Waals surface area contributed by atoms with Crippen molar-refractivity contribution in [2.45, 2.75) is 25.8 Å². The Morgan fingerprint density at radius 2 is 1.94 bits per heavy atom. The molecule has 2 heterocycles. The normalized spacial score (nSPS) is 14.3. The van der Waals surface area contributed by atoms with Crippen molar-refractivity contribution < 1.29 is 9.53 Å². The zero-order valence-electron chi connectivity index (χ0n) is 19.8. The van der Waals surface area contributed by atoms with Gasteiger partial charge in [0.05, 0.1) is 30.1 Å². The maximum Gasteiger partial charge on any atom is 0.254 e. The number of methoxy groups -OCH3 is 1. The van der Waals surface area contributed by atoms with Gasteiger partial charge in [-0.3, -0.25) is 9.48 Å². The number of nitrogens with zero attached hydrogens (tertiary/aromatic N) is 4. The molecule has 1 aliphatic rings. The number of fused-ring (bicyclic) bond motifs is 2. The lowest BCUT2D eigenvalue weighted by Crippen LogP contribution is -2.28. The van der Waals surface area contributed by atoms with Crippen LogP contribution in [0.5, 0.6) is 5.75 Å². The van der Waals surface area contributed by atoms with Crippen LogP contribution in [0, 0.1) is 0 Å². The highest BCUT2D eigenvalue weighted by Gasteiger charge is 2.27. The highest BCUT2D eigenvalue weighted by Crippen LogP contribution is 2.36. The summed E-state index contributed by atoms with van der Waals surface area (Å²) in [5, 5.41) is 5.15. The first-order valence-electron chi connectivity index (χ1n) is 11.5. The molecule has 0 aliphatic heterocycles. The van der Waals surface area contributed by atoms with Crippen molar-refractivity contribution in [1.82, 2.24) is 19.7 Å². The largest absolute Gasteiger partial charge is 0.497 e. The molecule has 0 unspecified atom stereocenters. The molecule has 0 fully saturated rings. The van der Waals surface area contributed by atoms with Gasteiger partial charge in [0.1, 0.15) is 5.75 Å². The standard InChI is InChI=1S/C28H28N4O2/c1-31(17-20-16-29-32(2)18-20)28(33)26-23-8-4-5-10-25(23)30-27-21(7-6-9-24(26)27)15-19-11-13-22(34-3)14-12-19/h4-5,8,10-16,18H,6-7,9,17H2,1-3H3/b21-15+. The van der Waals surface area contributed by atoms with E-state index in [1.165, 1.54) is 5.57 Å². The van der Waals surface area contributed by atoms with Crippen molar-refractivity contribution in [2.75, 3.05) is 14.2 Å². The third-order valence-electron chi connectivity index (χ3n) is 6.37. The van der Waals surface area contributed by atoms with E-state index in [0.29, 0.717) is 6.54 Å². The highest BCUT2D eigenvalue weighted by atomic mass is 16.5. The van der Waals surface area contributed by atoms with Crippen LogP contribution < -0.4 is 4.74 Å². The number of amides is 1. The number of aromatic nitrogens is 3. The molecule has 4 aromatic rings. The average molecular weight is 453 g/mol. The lowest BCUT2D eigenvalue weighted by Gasteiger charge is -2.25. The van der Waals surface area contributed by atoms with Crippen molar-refractivity contribution >= 4 is 28.5 Å². The van der Waals surface area contributed by atoms with Crippen molar-refractivity contribution in [3.05, 3.63) is 88.9 Å². The van der Waals surface area contributed by atoms with Gasteiger partial charge in [0.2, 0.25) is 0 Å². The predicted octanol–water partition coefficient (Wildman–Crippen LogP) is 5.13. The first kappa shape index (κ1) is 21.9. The Kier molecular flexibility index (Phi) is 5.88. The quantitative estimate of drug-likeness (QED) is 0.421. The average Bonchev–Trinajstić information content (AvgIpc) is 3.27. The molecule has 0 spiro atoms. The van der Waals surface area contributed by atoms with Crippen molar-refractivity contribution in [3.63, 3.8) is 0 Å². The first-order chi connectivity index (χ1) is 16.5. The summed E-state index contributed by atoms with van der Waals surface area (Å²) < 4.78 is 7.05. The molecule has 0 saturated heterocycles. The Morgan fingerprint density at radius 1 is 1.15 bits per heavy atom. The molecule has 6 heteroatoms. The number of allylic oxidation sites excluding steroid dienone is 1. The maximum absolute atomic E-state index is 13.8. The number of pyridine rings is 1. The number of ether oxygens (including phenoxy) is 1. The molecule has 0 N–H and O–H groups in total. The number of rotatable bonds is 5. The van der Waals surface area contributed by atoms with Gasteiger partial charge in [0.25, 0.3) is 5.91 Å². The van der Waals surface area contributed by atoms with Crippen molar-refractivity contribution in [3.8, 4) is 5.75 Å². The van der Waals surface area contributed by atoms with Crippen molar-refractivity contribution in [1.29, 1.82) is 0 Å². The van der Waals surface area contributed by atoms with E-state index in [9.17, 15) is 4.79 Å². The Labute approximate surface area is 199 Å². The fraction of sp³-hybridized carbons (Fsp3) is 0.250. The number of benzene rings is 2. The number of carbonyl (C=O) groups excluding carboxylic acids is 1. The molecule has 6 nitrogen and oxygen atoms in total. The van der Waals surface area contributed by atoms with Crippen LogP contribution in [0.15, 0.2) is 60.9 Å². The van der Waals surface area contributed by atoms with Crippen LogP contribution in [0.2, 0.25) is 0 Å². The Balaban J connectivity index is 1.59. The third-order valence-corrected chi connectivity index (χ3v) is 6.37. The van der Waals surface area contributed by atoms with E-state index < -0.39 is 0 Å². The van der Waals surface area contributed by atoms with Gasteiger partial charge in [-0.1, -0.05) is 30.3 Å². The van der Waals surface area contributed by atoms with Gasteiger partial charge in [0, 0.05) is 37.8 Å². The zero-order chi connectivity index (χ0) is 23.7.